The van der Waals surface area contributed by atoms with Gasteiger partial charge in [0, 0.05) is 11.1 Å². The van der Waals surface area contributed by atoms with Gasteiger partial charge in [-0.15, -0.1) is 0 Å². The molecule has 2 aromatic carbocycles. The van der Waals surface area contributed by atoms with E-state index in [9.17, 15) is 29.4 Å². The molecule has 0 saturated heterocycles. The fourth-order valence-electron chi connectivity index (χ4n) is 2.06. The van der Waals surface area contributed by atoms with Crippen LogP contribution in [0.2, 0.25) is 0 Å². The Bertz CT molecular complexity index is 928. The first kappa shape index (κ1) is 18.2. The molecule has 0 atom stereocenters. The summed E-state index contributed by atoms with van der Waals surface area (Å²) in [6.07, 6.45) is 0. The molecule has 4 N–H and O–H groups in total. The fourth-order valence-corrected chi connectivity index (χ4v) is 2.06. The van der Waals surface area contributed by atoms with Gasteiger partial charge < -0.3 is 20.4 Å². The van der Waals surface area contributed by atoms with E-state index >= 15 is 0 Å². The molecule has 0 aliphatic rings. The highest BCUT2D eigenvalue weighted by atomic mass is 16.4. The molecule has 0 unspecified atom stereocenters. The number of rotatable bonds is 4. The van der Waals surface area contributed by atoms with Crippen LogP contribution >= 0.6 is 0 Å². The lowest BCUT2D eigenvalue weighted by molar-refractivity contribution is 0.0676. The Balaban J connectivity index is 2.56. The molecule has 0 aliphatic heterocycles. The minimum Gasteiger partial charge on any atom is -0.478 e. The van der Waals surface area contributed by atoms with E-state index < -0.39 is 23.9 Å². The summed E-state index contributed by atoms with van der Waals surface area (Å²) in [6, 6.07) is 6.63. The summed E-state index contributed by atoms with van der Waals surface area (Å²) >= 11 is 0. The molecule has 2 aromatic rings. The number of carboxylic acid groups (broad SMARTS) is 4. The lowest BCUT2D eigenvalue weighted by Gasteiger charge is -2.03. The third-order valence-electron chi connectivity index (χ3n) is 3.33. The van der Waals surface area contributed by atoms with E-state index in [1.807, 2.05) is 0 Å². The van der Waals surface area contributed by atoms with E-state index in [4.69, 9.17) is 10.2 Å². The fraction of sp³-hybridized carbons (Fsp3) is 0. The molecule has 0 aliphatic carbocycles. The summed E-state index contributed by atoms with van der Waals surface area (Å²) in [5.41, 5.74) is -1.19. The van der Waals surface area contributed by atoms with Crippen LogP contribution in [0.4, 0.5) is 0 Å². The summed E-state index contributed by atoms with van der Waals surface area (Å²) in [5, 5.41) is 36.2. The van der Waals surface area contributed by atoms with Crippen LogP contribution in [0.3, 0.4) is 0 Å². The van der Waals surface area contributed by atoms with Crippen LogP contribution in [0, 0.1) is 11.8 Å². The Labute approximate surface area is 146 Å². The van der Waals surface area contributed by atoms with Crippen molar-refractivity contribution in [2.45, 2.75) is 0 Å². The highest BCUT2D eigenvalue weighted by Crippen LogP contribution is 2.15. The van der Waals surface area contributed by atoms with Crippen LogP contribution < -0.4 is 0 Å². The number of carbonyl (C=O) groups is 4. The number of carboxylic acids is 4. The molecule has 0 radical (unpaired) electrons. The molecule has 0 amide bonds. The van der Waals surface area contributed by atoms with E-state index in [0.717, 1.165) is 12.1 Å². The van der Waals surface area contributed by atoms with Gasteiger partial charge in [0.15, 0.2) is 0 Å². The van der Waals surface area contributed by atoms with Gasteiger partial charge in [-0.25, -0.2) is 19.2 Å². The maximum atomic E-state index is 11.3. The van der Waals surface area contributed by atoms with Crippen molar-refractivity contribution in [3.63, 3.8) is 0 Å². The Kier molecular flexibility index (Phi) is 5.04. The molecule has 0 spiro atoms. The normalized spacial score (nSPS) is 9.69. The Hall–Kier alpha value is -4.12. The summed E-state index contributed by atoms with van der Waals surface area (Å²) in [6.45, 7) is 0. The average Bonchev–Trinajstić information content (AvgIpc) is 2.59. The second-order valence-electron chi connectivity index (χ2n) is 4.99. The molecule has 0 bridgehead atoms. The topological polar surface area (TPSA) is 149 Å². The average molecular weight is 354 g/mol. The van der Waals surface area contributed by atoms with Crippen LogP contribution in [-0.2, 0) is 0 Å². The minimum absolute atomic E-state index is 0.0128. The summed E-state index contributed by atoms with van der Waals surface area (Å²) in [7, 11) is 0. The zero-order valence-electron chi connectivity index (χ0n) is 12.9. The van der Waals surface area contributed by atoms with Gasteiger partial charge in [-0.2, -0.15) is 0 Å². The van der Waals surface area contributed by atoms with Crippen molar-refractivity contribution in [1.29, 1.82) is 0 Å². The summed E-state index contributed by atoms with van der Waals surface area (Å²) in [4.78, 5) is 44.4. The van der Waals surface area contributed by atoms with E-state index in [1.165, 1.54) is 24.3 Å². The first-order valence-corrected chi connectivity index (χ1v) is 6.94. The number of hydrogen-bond donors (Lipinski definition) is 4. The highest BCUT2D eigenvalue weighted by Gasteiger charge is 2.14. The maximum absolute atomic E-state index is 11.3. The van der Waals surface area contributed by atoms with E-state index in [2.05, 4.69) is 11.8 Å². The molecule has 0 saturated carbocycles. The van der Waals surface area contributed by atoms with Gasteiger partial charge in [0.05, 0.1) is 22.3 Å². The van der Waals surface area contributed by atoms with Crippen LogP contribution in [0.1, 0.15) is 52.6 Å². The Morgan fingerprint density at radius 2 is 0.923 bits per heavy atom. The quantitative estimate of drug-likeness (QED) is 0.608. The molecule has 2 rings (SSSR count). The molecule has 0 fully saturated rings. The van der Waals surface area contributed by atoms with Gasteiger partial charge in [0.1, 0.15) is 0 Å². The smallest absolute Gasteiger partial charge is 0.336 e. The van der Waals surface area contributed by atoms with Crippen molar-refractivity contribution in [2.75, 3.05) is 0 Å². The van der Waals surface area contributed by atoms with Crippen molar-refractivity contribution in [2.24, 2.45) is 0 Å². The van der Waals surface area contributed by atoms with Crippen molar-refractivity contribution in [1.82, 2.24) is 0 Å². The minimum atomic E-state index is -1.39. The van der Waals surface area contributed by atoms with Crippen LogP contribution in [0.5, 0.6) is 0 Å². The maximum Gasteiger partial charge on any atom is 0.336 e. The zero-order chi connectivity index (χ0) is 19.4. The van der Waals surface area contributed by atoms with Gasteiger partial charge >= 0.3 is 23.9 Å². The predicted molar refractivity (Wildman–Crippen MR) is 86.7 cm³/mol. The van der Waals surface area contributed by atoms with Crippen molar-refractivity contribution in [3.8, 4) is 11.8 Å². The molecule has 130 valence electrons. The van der Waals surface area contributed by atoms with Crippen molar-refractivity contribution < 1.29 is 39.6 Å². The third kappa shape index (κ3) is 3.85. The zero-order valence-corrected chi connectivity index (χ0v) is 12.9. The molecule has 0 aromatic heterocycles. The number of hydrogen-bond acceptors (Lipinski definition) is 4. The molecule has 8 nitrogen and oxygen atoms in total. The molecule has 8 heteroatoms. The van der Waals surface area contributed by atoms with Gasteiger partial charge in [-0.3, -0.25) is 0 Å². The Morgan fingerprint density at radius 3 is 1.19 bits per heavy atom. The first-order valence-electron chi connectivity index (χ1n) is 6.94. The van der Waals surface area contributed by atoms with Crippen LogP contribution in [-0.4, -0.2) is 44.3 Å². The number of aromatic carboxylic acids is 4. The largest absolute Gasteiger partial charge is 0.478 e. The lowest BCUT2D eigenvalue weighted by Crippen LogP contribution is -2.05. The summed E-state index contributed by atoms with van der Waals surface area (Å²) in [5.74, 6) is -0.413. The third-order valence-corrected chi connectivity index (χ3v) is 3.33. The standard InChI is InChI=1S/C18H10O8/c19-15(20)11-5-3-9(13(7-11)17(23)24)1-2-10-4-6-12(16(21)22)8-14(10)18(25)26/h3-8H,(H,19,20)(H,21,22)(H,23,24)(H,25,26). The monoisotopic (exact) mass is 354 g/mol. The van der Waals surface area contributed by atoms with Crippen LogP contribution in [0.15, 0.2) is 36.4 Å². The van der Waals surface area contributed by atoms with Crippen molar-refractivity contribution >= 4 is 23.9 Å². The van der Waals surface area contributed by atoms with Gasteiger partial charge in [0.25, 0.3) is 0 Å². The SMILES string of the molecule is O=C(O)c1ccc(C#Cc2ccc(C(=O)O)cc2C(=O)O)c(C(=O)O)c1. The lowest BCUT2D eigenvalue weighted by atomic mass is 10.0. The first-order chi connectivity index (χ1) is 12.2. The molecular formula is C18H10O8. The number of benzene rings is 2. The molecular weight excluding hydrogens is 344 g/mol. The highest BCUT2D eigenvalue weighted by molar-refractivity contribution is 5.97. The van der Waals surface area contributed by atoms with Crippen LogP contribution in [0.25, 0.3) is 0 Å². The summed E-state index contributed by atoms with van der Waals surface area (Å²) < 4.78 is 0. The van der Waals surface area contributed by atoms with E-state index in [1.54, 1.807) is 0 Å². The second kappa shape index (κ2) is 7.19. The predicted octanol–water partition coefficient (Wildman–Crippen LogP) is 1.88. The van der Waals surface area contributed by atoms with Gasteiger partial charge in [-0.05, 0) is 36.4 Å². The molecule has 0 heterocycles. The van der Waals surface area contributed by atoms with Crippen molar-refractivity contribution in [3.05, 3.63) is 69.8 Å². The van der Waals surface area contributed by atoms with Gasteiger partial charge in [-0.1, -0.05) is 11.8 Å². The Morgan fingerprint density at radius 1 is 0.577 bits per heavy atom. The second-order valence-corrected chi connectivity index (χ2v) is 4.99. The van der Waals surface area contributed by atoms with E-state index in [0.29, 0.717) is 0 Å². The molecule has 26 heavy (non-hydrogen) atoms. The van der Waals surface area contributed by atoms with E-state index in [-0.39, 0.29) is 33.4 Å². The van der Waals surface area contributed by atoms with Gasteiger partial charge in [0.2, 0.25) is 0 Å².